The SMILES string of the molecule is CC(=O)Nc1cc(NC2C3CC4CC(C3)CC2C4)ccc1C. The Balaban J connectivity index is 1.52. The average Bonchev–Trinajstić information content (AvgIpc) is 2.45. The van der Waals surface area contributed by atoms with Crippen LogP contribution in [0, 0.1) is 30.6 Å². The van der Waals surface area contributed by atoms with Gasteiger partial charge in [0.15, 0.2) is 0 Å². The van der Waals surface area contributed by atoms with Crippen LogP contribution in [-0.4, -0.2) is 11.9 Å². The summed E-state index contributed by atoms with van der Waals surface area (Å²) in [7, 11) is 0. The van der Waals surface area contributed by atoms with Gasteiger partial charge in [-0.15, -0.1) is 0 Å². The van der Waals surface area contributed by atoms with E-state index in [0.717, 1.165) is 40.6 Å². The average molecular weight is 298 g/mol. The molecule has 4 fully saturated rings. The van der Waals surface area contributed by atoms with Gasteiger partial charge in [-0.3, -0.25) is 4.79 Å². The zero-order chi connectivity index (χ0) is 15.3. The summed E-state index contributed by atoms with van der Waals surface area (Å²) in [4.78, 5) is 11.3. The first-order valence-corrected chi connectivity index (χ1v) is 8.73. The van der Waals surface area contributed by atoms with Crippen LogP contribution in [0.4, 0.5) is 11.4 Å². The lowest BCUT2D eigenvalue weighted by molar-refractivity contribution is -0.114. The van der Waals surface area contributed by atoms with Gasteiger partial charge in [-0.05, 0) is 80.4 Å². The molecule has 0 atom stereocenters. The number of carbonyl (C=O) groups is 1. The fraction of sp³-hybridized carbons (Fsp3) is 0.632. The maximum atomic E-state index is 11.3. The Kier molecular flexibility index (Phi) is 3.39. The molecule has 0 aliphatic heterocycles. The first-order valence-electron chi connectivity index (χ1n) is 8.73. The molecule has 4 aliphatic carbocycles. The Labute approximate surface area is 132 Å². The molecule has 1 aromatic rings. The van der Waals surface area contributed by atoms with Gasteiger partial charge in [0, 0.05) is 24.3 Å². The Morgan fingerprint density at radius 2 is 1.68 bits per heavy atom. The number of benzene rings is 1. The standard InChI is InChI=1S/C19H26N2O/c1-11-3-4-17(10-18(11)20-12(2)22)21-19-15-6-13-5-14(8-15)9-16(19)7-13/h3-4,10,13-16,19,21H,5-9H2,1-2H3,(H,20,22). The van der Waals surface area contributed by atoms with Gasteiger partial charge in [-0.25, -0.2) is 0 Å². The van der Waals surface area contributed by atoms with Gasteiger partial charge in [0.1, 0.15) is 0 Å². The summed E-state index contributed by atoms with van der Waals surface area (Å²) >= 11 is 0. The molecule has 2 N–H and O–H groups in total. The van der Waals surface area contributed by atoms with Crippen molar-refractivity contribution in [2.24, 2.45) is 23.7 Å². The Morgan fingerprint density at radius 3 is 2.27 bits per heavy atom. The Morgan fingerprint density at radius 1 is 1.05 bits per heavy atom. The summed E-state index contributed by atoms with van der Waals surface area (Å²) in [5, 5.41) is 6.75. The minimum atomic E-state index is -0.00475. The molecule has 118 valence electrons. The lowest BCUT2D eigenvalue weighted by Gasteiger charge is -2.54. The lowest BCUT2D eigenvalue weighted by atomic mass is 9.54. The van der Waals surface area contributed by atoms with Crippen LogP contribution in [-0.2, 0) is 4.79 Å². The molecule has 4 bridgehead atoms. The number of anilines is 2. The normalized spacial score (nSPS) is 35.5. The van der Waals surface area contributed by atoms with Gasteiger partial charge < -0.3 is 10.6 Å². The summed E-state index contributed by atoms with van der Waals surface area (Å²) < 4.78 is 0. The van der Waals surface area contributed by atoms with E-state index in [1.807, 2.05) is 6.92 Å². The van der Waals surface area contributed by atoms with E-state index in [2.05, 4.69) is 28.8 Å². The highest BCUT2D eigenvalue weighted by Gasteiger charge is 2.48. The third kappa shape index (κ3) is 2.51. The second kappa shape index (κ2) is 5.29. The van der Waals surface area contributed by atoms with Crippen LogP contribution in [0.3, 0.4) is 0 Å². The molecule has 4 saturated carbocycles. The van der Waals surface area contributed by atoms with E-state index in [1.165, 1.54) is 32.1 Å². The number of carbonyl (C=O) groups excluding carboxylic acids is 1. The number of amides is 1. The maximum absolute atomic E-state index is 11.3. The summed E-state index contributed by atoms with van der Waals surface area (Å²) in [5.74, 6) is 3.74. The molecular weight excluding hydrogens is 272 g/mol. The van der Waals surface area contributed by atoms with Crippen molar-refractivity contribution in [1.29, 1.82) is 0 Å². The quantitative estimate of drug-likeness (QED) is 0.878. The number of nitrogens with one attached hydrogen (secondary N) is 2. The second-order valence-corrected chi connectivity index (χ2v) is 7.81. The first-order chi connectivity index (χ1) is 10.6. The van der Waals surface area contributed by atoms with Crippen LogP contribution in [0.5, 0.6) is 0 Å². The number of rotatable bonds is 3. The first kappa shape index (κ1) is 14.1. The minimum absolute atomic E-state index is 0.00475. The van der Waals surface area contributed by atoms with Gasteiger partial charge in [-0.2, -0.15) is 0 Å². The van der Waals surface area contributed by atoms with Crippen molar-refractivity contribution in [3.8, 4) is 0 Å². The molecule has 4 aliphatic rings. The van der Waals surface area contributed by atoms with Crippen LogP contribution in [0.15, 0.2) is 18.2 Å². The number of aryl methyl sites for hydroxylation is 1. The van der Waals surface area contributed by atoms with Crippen LogP contribution >= 0.6 is 0 Å². The zero-order valence-corrected chi connectivity index (χ0v) is 13.6. The minimum Gasteiger partial charge on any atom is -0.382 e. The van der Waals surface area contributed by atoms with Gasteiger partial charge in [0.25, 0.3) is 0 Å². The molecule has 1 aromatic carbocycles. The van der Waals surface area contributed by atoms with Crippen molar-refractivity contribution in [2.75, 3.05) is 10.6 Å². The predicted molar refractivity (Wildman–Crippen MR) is 89.9 cm³/mol. The third-order valence-electron chi connectivity index (χ3n) is 6.11. The zero-order valence-electron chi connectivity index (χ0n) is 13.6. The molecule has 0 spiro atoms. The fourth-order valence-electron chi connectivity index (χ4n) is 5.39. The smallest absolute Gasteiger partial charge is 0.221 e. The van der Waals surface area contributed by atoms with Crippen LogP contribution < -0.4 is 10.6 Å². The van der Waals surface area contributed by atoms with E-state index in [-0.39, 0.29) is 5.91 Å². The van der Waals surface area contributed by atoms with Crippen molar-refractivity contribution < 1.29 is 4.79 Å². The predicted octanol–water partition coefficient (Wildman–Crippen LogP) is 4.19. The van der Waals surface area contributed by atoms with Crippen molar-refractivity contribution in [3.05, 3.63) is 23.8 Å². The molecule has 0 unspecified atom stereocenters. The van der Waals surface area contributed by atoms with Crippen LogP contribution in [0.25, 0.3) is 0 Å². The molecular formula is C19H26N2O. The van der Waals surface area contributed by atoms with Crippen molar-refractivity contribution in [3.63, 3.8) is 0 Å². The molecule has 1 amide bonds. The summed E-state index contributed by atoms with van der Waals surface area (Å²) in [6.45, 7) is 3.61. The Hall–Kier alpha value is -1.51. The molecule has 22 heavy (non-hydrogen) atoms. The van der Waals surface area contributed by atoms with Crippen molar-refractivity contribution in [2.45, 2.75) is 52.0 Å². The monoisotopic (exact) mass is 298 g/mol. The van der Waals surface area contributed by atoms with Gasteiger partial charge >= 0.3 is 0 Å². The molecule has 3 nitrogen and oxygen atoms in total. The van der Waals surface area contributed by atoms with E-state index in [1.54, 1.807) is 6.92 Å². The fourth-order valence-corrected chi connectivity index (χ4v) is 5.39. The van der Waals surface area contributed by atoms with Gasteiger partial charge in [-0.1, -0.05) is 6.07 Å². The topological polar surface area (TPSA) is 41.1 Å². The number of hydrogen-bond donors (Lipinski definition) is 2. The van der Waals surface area contributed by atoms with Crippen LogP contribution in [0.2, 0.25) is 0 Å². The largest absolute Gasteiger partial charge is 0.382 e. The van der Waals surface area contributed by atoms with Gasteiger partial charge in [0.05, 0.1) is 0 Å². The van der Waals surface area contributed by atoms with Crippen LogP contribution in [0.1, 0.15) is 44.6 Å². The lowest BCUT2D eigenvalue weighted by Crippen LogP contribution is -2.51. The van der Waals surface area contributed by atoms with E-state index < -0.39 is 0 Å². The molecule has 0 saturated heterocycles. The molecule has 5 rings (SSSR count). The highest BCUT2D eigenvalue weighted by Crippen LogP contribution is 2.54. The highest BCUT2D eigenvalue weighted by molar-refractivity contribution is 5.90. The Bertz CT molecular complexity index is 567. The maximum Gasteiger partial charge on any atom is 0.221 e. The summed E-state index contributed by atoms with van der Waals surface area (Å²) in [5.41, 5.74) is 3.21. The van der Waals surface area contributed by atoms with E-state index in [0.29, 0.717) is 6.04 Å². The highest BCUT2D eigenvalue weighted by atomic mass is 16.1. The molecule has 0 aromatic heterocycles. The molecule has 3 heteroatoms. The second-order valence-electron chi connectivity index (χ2n) is 7.81. The van der Waals surface area contributed by atoms with Crippen molar-refractivity contribution >= 4 is 17.3 Å². The molecule has 0 radical (unpaired) electrons. The third-order valence-corrected chi connectivity index (χ3v) is 6.11. The number of hydrogen-bond acceptors (Lipinski definition) is 2. The van der Waals surface area contributed by atoms with Crippen molar-refractivity contribution in [1.82, 2.24) is 0 Å². The van der Waals surface area contributed by atoms with Gasteiger partial charge in [0.2, 0.25) is 5.91 Å². The molecule has 0 heterocycles. The summed E-state index contributed by atoms with van der Waals surface area (Å²) in [6.07, 6.45) is 7.20. The van der Waals surface area contributed by atoms with E-state index in [4.69, 9.17) is 0 Å². The van der Waals surface area contributed by atoms with E-state index in [9.17, 15) is 4.79 Å². The summed E-state index contributed by atoms with van der Waals surface area (Å²) in [6, 6.07) is 7.00. The van der Waals surface area contributed by atoms with E-state index >= 15 is 0 Å².